The molecule has 1 N–H and O–H groups in total. The van der Waals surface area contributed by atoms with Crippen molar-refractivity contribution < 1.29 is 5.11 Å². The summed E-state index contributed by atoms with van der Waals surface area (Å²) in [4.78, 5) is 2.35. The molecule has 2 aliphatic rings. The number of anilines is 1. The maximum Gasteiger partial charge on any atom is 0.0781 e. The van der Waals surface area contributed by atoms with E-state index >= 15 is 0 Å². The van der Waals surface area contributed by atoms with Crippen LogP contribution in [0.1, 0.15) is 44.3 Å². The Kier molecular flexibility index (Phi) is 3.53. The van der Waals surface area contributed by atoms with Gasteiger partial charge in [0.05, 0.1) is 6.10 Å². The van der Waals surface area contributed by atoms with Crippen molar-refractivity contribution in [3.8, 4) is 0 Å². The summed E-state index contributed by atoms with van der Waals surface area (Å²) in [6.07, 6.45) is 5.41. The van der Waals surface area contributed by atoms with Crippen LogP contribution in [0.3, 0.4) is 0 Å². The zero-order valence-corrected chi connectivity index (χ0v) is 12.0. The molecule has 0 heterocycles. The fourth-order valence-electron chi connectivity index (χ4n) is 4.24. The Hall–Kier alpha value is -1.02. The lowest BCUT2D eigenvalue weighted by Crippen LogP contribution is -2.29. The van der Waals surface area contributed by atoms with Gasteiger partial charge in [0.25, 0.3) is 0 Å². The summed E-state index contributed by atoms with van der Waals surface area (Å²) >= 11 is 0. The van der Waals surface area contributed by atoms with Gasteiger partial charge in [0, 0.05) is 24.8 Å². The Labute approximate surface area is 116 Å². The highest BCUT2D eigenvalue weighted by atomic mass is 16.3. The molecule has 2 aliphatic carbocycles. The summed E-state index contributed by atoms with van der Waals surface area (Å²) < 4.78 is 0. The third-order valence-corrected chi connectivity index (χ3v) is 5.19. The zero-order chi connectivity index (χ0) is 13.4. The Balaban J connectivity index is 1.72. The van der Waals surface area contributed by atoms with Crippen LogP contribution < -0.4 is 4.90 Å². The summed E-state index contributed by atoms with van der Waals surface area (Å²) in [6.45, 7) is 3.00. The van der Waals surface area contributed by atoms with Crippen LogP contribution in [0.4, 0.5) is 5.69 Å². The van der Waals surface area contributed by atoms with Gasteiger partial charge in [-0.3, -0.25) is 0 Å². The third-order valence-electron chi connectivity index (χ3n) is 5.19. The number of hydrogen-bond donors (Lipinski definition) is 1. The highest BCUT2D eigenvalue weighted by Crippen LogP contribution is 2.48. The van der Waals surface area contributed by atoms with E-state index in [0.29, 0.717) is 0 Å². The second-order valence-electron chi connectivity index (χ2n) is 6.55. The fourth-order valence-corrected chi connectivity index (χ4v) is 4.24. The molecule has 2 heteroatoms. The average Bonchev–Trinajstić information content (AvgIpc) is 3.01. The second-order valence-corrected chi connectivity index (χ2v) is 6.55. The van der Waals surface area contributed by atoms with E-state index in [-0.39, 0.29) is 0 Å². The highest BCUT2D eigenvalue weighted by Gasteiger charge is 2.39. The molecular weight excluding hydrogens is 234 g/mol. The lowest BCUT2D eigenvalue weighted by Gasteiger charge is -2.30. The quantitative estimate of drug-likeness (QED) is 0.893. The van der Waals surface area contributed by atoms with Crippen molar-refractivity contribution in [2.75, 3.05) is 18.5 Å². The van der Waals surface area contributed by atoms with Gasteiger partial charge in [0.2, 0.25) is 0 Å². The van der Waals surface area contributed by atoms with Crippen LogP contribution in [0.15, 0.2) is 24.3 Å². The first kappa shape index (κ1) is 13.0. The van der Waals surface area contributed by atoms with Crippen molar-refractivity contribution in [2.24, 2.45) is 17.8 Å². The molecule has 104 valence electrons. The van der Waals surface area contributed by atoms with E-state index in [1.54, 1.807) is 0 Å². The summed E-state index contributed by atoms with van der Waals surface area (Å²) in [5.41, 5.74) is 2.24. The summed E-state index contributed by atoms with van der Waals surface area (Å²) in [5, 5.41) is 9.89. The summed E-state index contributed by atoms with van der Waals surface area (Å²) in [5.74, 6) is 2.84. The molecule has 2 saturated carbocycles. The molecule has 0 aromatic heterocycles. The fraction of sp³-hybridized carbons (Fsp3) is 0.647. The number of rotatable bonds is 4. The number of aliphatic hydroxyl groups is 1. The Bertz CT molecular complexity index is 443. The van der Waals surface area contributed by atoms with Gasteiger partial charge in [-0.2, -0.15) is 0 Å². The van der Waals surface area contributed by atoms with Gasteiger partial charge in [-0.05, 0) is 50.0 Å². The van der Waals surface area contributed by atoms with Crippen molar-refractivity contribution in [1.82, 2.24) is 0 Å². The minimum atomic E-state index is -0.390. The number of benzene rings is 1. The van der Waals surface area contributed by atoms with Crippen LogP contribution in [0.2, 0.25) is 0 Å². The number of para-hydroxylation sites is 1. The molecule has 1 aromatic carbocycles. The summed E-state index contributed by atoms with van der Waals surface area (Å²) in [7, 11) is 2.17. The number of aliphatic hydroxyl groups excluding tert-OH is 1. The van der Waals surface area contributed by atoms with Crippen LogP contribution >= 0.6 is 0 Å². The van der Waals surface area contributed by atoms with Gasteiger partial charge < -0.3 is 10.0 Å². The molecule has 0 radical (unpaired) electrons. The Morgan fingerprint density at radius 2 is 2.05 bits per heavy atom. The molecule has 1 aromatic rings. The molecule has 2 fully saturated rings. The Morgan fingerprint density at radius 3 is 2.68 bits per heavy atom. The highest BCUT2D eigenvalue weighted by molar-refractivity contribution is 5.54. The van der Waals surface area contributed by atoms with E-state index in [9.17, 15) is 5.11 Å². The molecule has 3 unspecified atom stereocenters. The smallest absolute Gasteiger partial charge is 0.0781 e. The van der Waals surface area contributed by atoms with Gasteiger partial charge in [-0.15, -0.1) is 0 Å². The van der Waals surface area contributed by atoms with Crippen LogP contribution in [0, 0.1) is 17.8 Å². The van der Waals surface area contributed by atoms with Crippen LogP contribution in [0.5, 0.6) is 0 Å². The molecule has 4 atom stereocenters. The first-order chi connectivity index (χ1) is 9.15. The van der Waals surface area contributed by atoms with Crippen LogP contribution in [0.25, 0.3) is 0 Å². The van der Waals surface area contributed by atoms with Gasteiger partial charge in [-0.25, -0.2) is 0 Å². The zero-order valence-electron chi connectivity index (χ0n) is 12.0. The van der Waals surface area contributed by atoms with E-state index in [2.05, 4.69) is 24.1 Å². The predicted octanol–water partition coefficient (Wildman–Crippen LogP) is 3.61. The molecule has 0 spiro atoms. The Morgan fingerprint density at radius 1 is 1.26 bits per heavy atom. The second kappa shape index (κ2) is 5.16. The first-order valence-corrected chi connectivity index (χ1v) is 7.63. The monoisotopic (exact) mass is 259 g/mol. The average molecular weight is 259 g/mol. The lowest BCUT2D eigenvalue weighted by molar-refractivity contribution is 0.199. The van der Waals surface area contributed by atoms with Crippen LogP contribution in [-0.4, -0.2) is 18.7 Å². The molecule has 3 rings (SSSR count). The minimum Gasteiger partial charge on any atom is -0.389 e. The molecule has 19 heavy (non-hydrogen) atoms. The van der Waals surface area contributed by atoms with E-state index in [0.717, 1.165) is 29.9 Å². The standard InChI is InChI=1S/C17H25NO/c1-12(19)16-5-3-4-6-17(16)18(2)11-15-10-13-7-8-14(15)9-13/h3-6,12-15,19H,7-11H2,1-2H3/t12-,13?,14?,15?/m1/s1. The van der Waals surface area contributed by atoms with Crippen molar-refractivity contribution in [2.45, 2.75) is 38.7 Å². The van der Waals surface area contributed by atoms with Crippen molar-refractivity contribution >= 4 is 5.69 Å². The van der Waals surface area contributed by atoms with E-state index < -0.39 is 6.10 Å². The van der Waals surface area contributed by atoms with Gasteiger partial charge in [0.15, 0.2) is 0 Å². The van der Waals surface area contributed by atoms with E-state index in [1.807, 2.05) is 19.1 Å². The number of fused-ring (bicyclic) bond motifs is 2. The van der Waals surface area contributed by atoms with Gasteiger partial charge in [-0.1, -0.05) is 24.6 Å². The normalized spacial score (nSPS) is 30.6. The SMILES string of the molecule is C[C@@H](O)c1ccccc1N(C)CC1CC2CCC1C2. The van der Waals surface area contributed by atoms with Gasteiger partial charge in [0.1, 0.15) is 0 Å². The maximum absolute atomic E-state index is 9.89. The molecule has 0 aliphatic heterocycles. The molecule has 0 saturated heterocycles. The van der Waals surface area contributed by atoms with Crippen molar-refractivity contribution in [3.63, 3.8) is 0 Å². The summed E-state index contributed by atoms with van der Waals surface area (Å²) in [6, 6.07) is 8.25. The largest absolute Gasteiger partial charge is 0.389 e. The van der Waals surface area contributed by atoms with Gasteiger partial charge >= 0.3 is 0 Å². The number of hydrogen-bond acceptors (Lipinski definition) is 2. The molecule has 2 bridgehead atoms. The minimum absolute atomic E-state index is 0.390. The third kappa shape index (κ3) is 2.51. The van der Waals surface area contributed by atoms with Crippen molar-refractivity contribution in [3.05, 3.63) is 29.8 Å². The van der Waals surface area contributed by atoms with E-state index in [1.165, 1.54) is 31.4 Å². The number of nitrogens with zero attached hydrogens (tertiary/aromatic N) is 1. The molecule has 0 amide bonds. The van der Waals surface area contributed by atoms with Crippen molar-refractivity contribution in [1.29, 1.82) is 0 Å². The maximum atomic E-state index is 9.89. The van der Waals surface area contributed by atoms with E-state index in [4.69, 9.17) is 0 Å². The predicted molar refractivity (Wildman–Crippen MR) is 79.3 cm³/mol. The first-order valence-electron chi connectivity index (χ1n) is 7.63. The van der Waals surface area contributed by atoms with Crippen LogP contribution in [-0.2, 0) is 0 Å². The molecular formula is C17H25NO. The topological polar surface area (TPSA) is 23.5 Å². The lowest BCUT2D eigenvalue weighted by atomic mass is 9.88. The molecule has 2 nitrogen and oxygen atoms in total.